The van der Waals surface area contributed by atoms with E-state index in [0.717, 1.165) is 11.8 Å². The first-order chi connectivity index (χ1) is 19.9. The number of pyridine rings is 1. The van der Waals surface area contributed by atoms with Crippen molar-refractivity contribution in [2.24, 2.45) is 0 Å². The Bertz CT molecular complexity index is 1600. The first kappa shape index (κ1) is 29.9. The maximum absolute atomic E-state index is 14.2. The fourth-order valence-electron chi connectivity index (χ4n) is 4.36. The van der Waals surface area contributed by atoms with E-state index in [0.29, 0.717) is 30.9 Å². The smallest absolute Gasteiger partial charge is 0.475 e. The van der Waals surface area contributed by atoms with Gasteiger partial charge in [0.25, 0.3) is 5.91 Å². The van der Waals surface area contributed by atoms with Crippen molar-refractivity contribution in [2.45, 2.75) is 30.9 Å². The van der Waals surface area contributed by atoms with Gasteiger partial charge in [-0.05, 0) is 37.1 Å². The van der Waals surface area contributed by atoms with Gasteiger partial charge in [-0.1, -0.05) is 12.1 Å². The fourth-order valence-corrected chi connectivity index (χ4v) is 4.36. The molecule has 1 fully saturated rings. The molecule has 12 nitrogen and oxygen atoms in total. The van der Waals surface area contributed by atoms with Crippen LogP contribution in [-0.2, 0) is 16.6 Å². The highest BCUT2D eigenvalue weighted by Gasteiger charge is 2.43. The molecule has 42 heavy (non-hydrogen) atoms. The van der Waals surface area contributed by atoms with Crippen LogP contribution >= 0.6 is 0 Å². The summed E-state index contributed by atoms with van der Waals surface area (Å²) < 4.78 is 64.9. The molecular weight excluding hydrogens is 573 g/mol. The number of alkyl halides is 3. The molecule has 3 aromatic heterocycles. The highest BCUT2D eigenvalue weighted by Crippen LogP contribution is 2.37. The van der Waals surface area contributed by atoms with Crippen LogP contribution in [0.25, 0.3) is 0 Å². The number of aromatic amines is 2. The molecule has 1 aliphatic rings. The molecule has 0 aliphatic carbocycles. The van der Waals surface area contributed by atoms with E-state index in [4.69, 9.17) is 14.3 Å². The van der Waals surface area contributed by atoms with Gasteiger partial charge in [-0.3, -0.25) is 9.89 Å². The fraction of sp³-hybridized carbons (Fsp3) is 0.280. The number of nitrogens with one attached hydrogen (secondary N) is 3. The summed E-state index contributed by atoms with van der Waals surface area (Å²) in [5, 5.41) is 23.3. The molecule has 5 rings (SSSR count). The number of carboxylic acid groups (broad SMARTS) is 1. The molecule has 0 atom stereocenters. The molecule has 0 saturated carbocycles. The molecule has 17 heteroatoms. The number of hydrogen-bond acceptors (Lipinski definition) is 8. The van der Waals surface area contributed by atoms with E-state index >= 15 is 0 Å². The molecule has 0 spiro atoms. The second-order valence-corrected chi connectivity index (χ2v) is 9.18. The molecule has 1 aliphatic heterocycles. The molecule has 0 bridgehead atoms. The minimum atomic E-state index is -5.08. The van der Waals surface area contributed by atoms with Crippen molar-refractivity contribution >= 4 is 23.5 Å². The molecule has 4 heterocycles. The van der Waals surface area contributed by atoms with E-state index in [9.17, 15) is 31.5 Å². The number of aromatic nitrogens is 5. The number of piperidine rings is 1. The number of halogens is 5. The molecule has 1 aromatic carbocycles. The van der Waals surface area contributed by atoms with Crippen LogP contribution in [0.1, 0.15) is 34.8 Å². The maximum Gasteiger partial charge on any atom is 0.490 e. The third-order valence-electron chi connectivity index (χ3n) is 6.41. The van der Waals surface area contributed by atoms with Crippen molar-refractivity contribution < 1.29 is 41.1 Å². The van der Waals surface area contributed by atoms with E-state index in [-0.39, 0.29) is 24.5 Å². The SMILES string of the molecule is O=C(O)C(F)(F)F.O=C(c1cccc(F)c1F)N1CCC(Cc2cccc(Nc3ccn[nH]3)n2)(c2n[nH]c(=O)o2)CC1. The Balaban J connectivity index is 0.000000517. The van der Waals surface area contributed by atoms with Crippen LogP contribution in [0.15, 0.2) is 57.9 Å². The monoisotopic (exact) mass is 595 g/mol. The lowest BCUT2D eigenvalue weighted by molar-refractivity contribution is -0.192. The lowest BCUT2D eigenvalue weighted by Gasteiger charge is -2.39. The summed E-state index contributed by atoms with van der Waals surface area (Å²) >= 11 is 0. The number of aliphatic carboxylic acids is 1. The number of carbonyl (C=O) groups excluding carboxylic acids is 1. The summed E-state index contributed by atoms with van der Waals surface area (Å²) in [7, 11) is 0. The predicted molar refractivity (Wildman–Crippen MR) is 134 cm³/mol. The Labute approximate surface area is 232 Å². The number of anilines is 2. The van der Waals surface area contributed by atoms with E-state index in [1.165, 1.54) is 17.0 Å². The summed E-state index contributed by atoms with van der Waals surface area (Å²) in [5.41, 5.74) is -0.324. The first-order valence-corrected chi connectivity index (χ1v) is 12.2. The van der Waals surface area contributed by atoms with Crippen LogP contribution in [0.5, 0.6) is 0 Å². The lowest BCUT2D eigenvalue weighted by atomic mass is 9.74. The number of rotatable bonds is 6. The van der Waals surface area contributed by atoms with Crippen LogP contribution in [0.3, 0.4) is 0 Å². The second-order valence-electron chi connectivity index (χ2n) is 9.18. The van der Waals surface area contributed by atoms with Crippen LogP contribution in [-0.4, -0.2) is 66.5 Å². The van der Waals surface area contributed by atoms with Crippen LogP contribution < -0.4 is 11.1 Å². The minimum absolute atomic E-state index is 0.222. The average molecular weight is 595 g/mol. The average Bonchev–Trinajstić information content (AvgIpc) is 3.62. The third-order valence-corrected chi connectivity index (χ3v) is 6.41. The summed E-state index contributed by atoms with van der Waals surface area (Å²) in [6.45, 7) is 0.467. The molecule has 4 N–H and O–H groups in total. The normalized spacial score (nSPS) is 14.5. The second kappa shape index (κ2) is 12.2. The van der Waals surface area contributed by atoms with Gasteiger partial charge < -0.3 is 19.7 Å². The number of carboxylic acids is 1. The van der Waals surface area contributed by atoms with Gasteiger partial charge >= 0.3 is 17.9 Å². The molecule has 4 aromatic rings. The number of benzene rings is 1. The van der Waals surface area contributed by atoms with Crippen molar-refractivity contribution in [1.29, 1.82) is 0 Å². The molecule has 222 valence electrons. The van der Waals surface area contributed by atoms with Gasteiger partial charge in [0.1, 0.15) is 11.6 Å². The standard InChI is InChI=1S/C23H21F2N7O3.C2HF3O2/c24-16-5-2-4-15(19(16)25)20(33)32-11-8-23(9-12-32,21-30-31-22(34)35-21)13-14-3-1-6-17(27-14)28-18-7-10-26-29-18;3-2(4,5)1(6)7/h1-7,10H,8-9,11-13H2,(H,31,34)(H2,26,27,28,29);(H,6,7). The quantitative estimate of drug-likeness (QED) is 0.244. The van der Waals surface area contributed by atoms with Gasteiger partial charge in [0, 0.05) is 31.3 Å². The van der Waals surface area contributed by atoms with Crippen LogP contribution in [0.4, 0.5) is 33.6 Å². The number of likely N-dealkylation sites (tertiary alicyclic amines) is 1. The zero-order valence-electron chi connectivity index (χ0n) is 21.4. The molecule has 1 amide bonds. The topological polar surface area (TPSA) is 170 Å². The highest BCUT2D eigenvalue weighted by atomic mass is 19.4. The van der Waals surface area contributed by atoms with Gasteiger partial charge in [-0.2, -0.15) is 18.3 Å². The van der Waals surface area contributed by atoms with Gasteiger partial charge in [0.2, 0.25) is 5.89 Å². The number of hydrogen-bond donors (Lipinski definition) is 4. The van der Waals surface area contributed by atoms with Crippen LogP contribution in [0, 0.1) is 11.6 Å². The van der Waals surface area contributed by atoms with Gasteiger partial charge in [-0.15, -0.1) is 5.10 Å². The first-order valence-electron chi connectivity index (χ1n) is 12.2. The van der Waals surface area contributed by atoms with E-state index in [1.54, 1.807) is 18.3 Å². The molecule has 0 radical (unpaired) electrons. The van der Waals surface area contributed by atoms with Crippen molar-refractivity contribution in [3.63, 3.8) is 0 Å². The maximum atomic E-state index is 14.2. The summed E-state index contributed by atoms with van der Waals surface area (Å²) in [6, 6.07) is 10.8. The van der Waals surface area contributed by atoms with Gasteiger partial charge in [0.15, 0.2) is 11.6 Å². The Kier molecular flexibility index (Phi) is 8.68. The predicted octanol–water partition coefficient (Wildman–Crippen LogP) is 3.55. The Morgan fingerprint density at radius 3 is 2.36 bits per heavy atom. The van der Waals surface area contributed by atoms with Crippen molar-refractivity contribution in [1.82, 2.24) is 30.3 Å². The zero-order chi connectivity index (χ0) is 30.5. The highest BCUT2D eigenvalue weighted by molar-refractivity contribution is 5.94. The van der Waals surface area contributed by atoms with Crippen LogP contribution in [0.2, 0.25) is 0 Å². The van der Waals surface area contributed by atoms with Crippen molar-refractivity contribution in [3.8, 4) is 0 Å². The van der Waals surface area contributed by atoms with Crippen molar-refractivity contribution in [2.75, 3.05) is 18.4 Å². The number of H-pyrrole nitrogens is 2. The molecule has 1 saturated heterocycles. The summed E-state index contributed by atoms with van der Waals surface area (Å²) in [5.74, 6) is -4.77. The van der Waals surface area contributed by atoms with Gasteiger partial charge in [-0.25, -0.2) is 28.5 Å². The van der Waals surface area contributed by atoms with E-state index in [1.807, 2.05) is 12.1 Å². The Morgan fingerprint density at radius 1 is 1.07 bits per heavy atom. The number of nitrogens with zero attached hydrogens (tertiary/aromatic N) is 4. The minimum Gasteiger partial charge on any atom is -0.475 e. The molecular formula is C25H22F5N7O5. The Morgan fingerprint density at radius 2 is 1.76 bits per heavy atom. The largest absolute Gasteiger partial charge is 0.490 e. The van der Waals surface area contributed by atoms with E-state index in [2.05, 4.69) is 30.7 Å². The lowest BCUT2D eigenvalue weighted by Crippen LogP contribution is -2.46. The number of amides is 1. The van der Waals surface area contributed by atoms with Crippen molar-refractivity contribution in [3.05, 3.63) is 88.0 Å². The summed E-state index contributed by atoms with van der Waals surface area (Å²) in [4.78, 5) is 39.6. The van der Waals surface area contributed by atoms with E-state index < -0.39 is 40.9 Å². The van der Waals surface area contributed by atoms with Gasteiger partial charge in [0.05, 0.1) is 17.2 Å². The Hall–Kier alpha value is -5.09. The number of carbonyl (C=O) groups is 2. The zero-order valence-corrected chi connectivity index (χ0v) is 21.4. The summed E-state index contributed by atoms with van der Waals surface area (Å²) in [6.07, 6.45) is -2.33. The molecule has 0 unspecified atom stereocenters. The third kappa shape index (κ3) is 6.97.